The summed E-state index contributed by atoms with van der Waals surface area (Å²) in [4.78, 5) is 13.4. The molecule has 0 radical (unpaired) electrons. The van der Waals surface area contributed by atoms with Crippen LogP contribution >= 0.6 is 0 Å². The largest absolute Gasteiger partial charge is 0.494 e. The van der Waals surface area contributed by atoms with Crippen molar-refractivity contribution < 1.29 is 4.74 Å². The molecule has 116 valence electrons. The van der Waals surface area contributed by atoms with Gasteiger partial charge in [-0.15, -0.1) is 0 Å². The number of nitrogens with zero attached hydrogens (tertiary/aromatic N) is 4. The lowest BCUT2D eigenvalue weighted by Gasteiger charge is -2.37. The number of hydrogen-bond acceptors (Lipinski definition) is 5. The minimum absolute atomic E-state index is 0.692. The molecule has 1 aliphatic heterocycles. The summed E-state index contributed by atoms with van der Waals surface area (Å²) in [5.74, 6) is 1.47. The first-order chi connectivity index (χ1) is 10.7. The minimum atomic E-state index is 0.692. The molecule has 0 bridgehead atoms. The van der Waals surface area contributed by atoms with Crippen molar-refractivity contribution in [2.24, 2.45) is 0 Å². The molecule has 2 aromatic rings. The molecule has 1 aliphatic rings. The number of benzene rings is 1. The second-order valence-electron chi connectivity index (χ2n) is 5.62. The van der Waals surface area contributed by atoms with E-state index < -0.39 is 0 Å². The Hall–Kier alpha value is -2.30. The number of piperazine rings is 1. The average molecular weight is 298 g/mol. The summed E-state index contributed by atoms with van der Waals surface area (Å²) >= 11 is 0. The fourth-order valence-electron chi connectivity index (χ4n) is 2.80. The van der Waals surface area contributed by atoms with Gasteiger partial charge >= 0.3 is 0 Å². The van der Waals surface area contributed by atoms with E-state index in [0.29, 0.717) is 5.75 Å². The fourth-order valence-corrected chi connectivity index (χ4v) is 2.80. The van der Waals surface area contributed by atoms with Gasteiger partial charge < -0.3 is 14.5 Å². The van der Waals surface area contributed by atoms with Crippen LogP contribution in [0.15, 0.2) is 30.6 Å². The van der Waals surface area contributed by atoms with Crippen molar-refractivity contribution in [3.8, 4) is 5.75 Å². The van der Waals surface area contributed by atoms with Gasteiger partial charge in [-0.25, -0.2) is 9.97 Å². The third-order valence-corrected chi connectivity index (χ3v) is 4.33. The van der Waals surface area contributed by atoms with Gasteiger partial charge in [0.05, 0.1) is 19.5 Å². The van der Waals surface area contributed by atoms with Gasteiger partial charge in [0.25, 0.3) is 0 Å². The third kappa shape index (κ3) is 2.84. The van der Waals surface area contributed by atoms with Crippen molar-refractivity contribution in [1.82, 2.24) is 9.97 Å². The Kier molecular flexibility index (Phi) is 4.13. The van der Waals surface area contributed by atoms with Crippen LogP contribution in [0.2, 0.25) is 0 Å². The molecule has 0 aliphatic carbocycles. The maximum absolute atomic E-state index is 5.10. The van der Waals surface area contributed by atoms with Crippen molar-refractivity contribution in [3.05, 3.63) is 41.7 Å². The zero-order valence-electron chi connectivity index (χ0n) is 13.4. The molecule has 1 fully saturated rings. The Balaban J connectivity index is 1.68. The number of methoxy groups -OCH3 is 1. The molecule has 0 spiro atoms. The summed E-state index contributed by atoms with van der Waals surface area (Å²) in [7, 11) is 1.63. The van der Waals surface area contributed by atoms with E-state index in [4.69, 9.17) is 4.74 Å². The molecule has 0 unspecified atom stereocenters. The van der Waals surface area contributed by atoms with Gasteiger partial charge in [-0.1, -0.05) is 12.1 Å². The van der Waals surface area contributed by atoms with E-state index in [1.807, 2.05) is 0 Å². The topological polar surface area (TPSA) is 41.5 Å². The van der Waals surface area contributed by atoms with E-state index in [1.165, 1.54) is 16.8 Å². The molecule has 1 saturated heterocycles. The van der Waals surface area contributed by atoms with Crippen molar-refractivity contribution in [2.75, 3.05) is 43.1 Å². The van der Waals surface area contributed by atoms with E-state index in [1.54, 1.807) is 19.5 Å². The lowest BCUT2D eigenvalue weighted by atomic mass is 10.1. The number of aryl methyl sites for hydroxylation is 1. The summed E-state index contributed by atoms with van der Waals surface area (Å²) in [6.45, 7) is 8.20. The van der Waals surface area contributed by atoms with Gasteiger partial charge in [0, 0.05) is 31.9 Å². The van der Waals surface area contributed by atoms with Crippen LogP contribution in [0, 0.1) is 13.8 Å². The van der Waals surface area contributed by atoms with Crippen LogP contribution in [0.4, 0.5) is 11.6 Å². The highest BCUT2D eigenvalue weighted by Gasteiger charge is 2.20. The lowest BCUT2D eigenvalue weighted by Crippen LogP contribution is -2.47. The van der Waals surface area contributed by atoms with Crippen LogP contribution < -0.4 is 14.5 Å². The average Bonchev–Trinajstić information content (AvgIpc) is 2.58. The first kappa shape index (κ1) is 14.6. The third-order valence-electron chi connectivity index (χ3n) is 4.33. The van der Waals surface area contributed by atoms with Crippen LogP contribution in [-0.4, -0.2) is 43.3 Å². The van der Waals surface area contributed by atoms with Gasteiger partial charge in [-0.2, -0.15) is 0 Å². The molecule has 22 heavy (non-hydrogen) atoms. The van der Waals surface area contributed by atoms with Crippen molar-refractivity contribution in [1.29, 1.82) is 0 Å². The van der Waals surface area contributed by atoms with E-state index in [2.05, 4.69) is 51.8 Å². The summed E-state index contributed by atoms with van der Waals surface area (Å²) < 4.78 is 5.10. The summed E-state index contributed by atoms with van der Waals surface area (Å²) in [5, 5.41) is 0. The van der Waals surface area contributed by atoms with Crippen molar-refractivity contribution >= 4 is 11.6 Å². The van der Waals surface area contributed by atoms with Gasteiger partial charge in [0.15, 0.2) is 5.75 Å². The zero-order chi connectivity index (χ0) is 15.5. The van der Waals surface area contributed by atoms with Crippen LogP contribution in [0.5, 0.6) is 5.75 Å². The molecule has 5 heteroatoms. The van der Waals surface area contributed by atoms with Gasteiger partial charge in [-0.05, 0) is 31.0 Å². The highest BCUT2D eigenvalue weighted by Crippen LogP contribution is 2.24. The van der Waals surface area contributed by atoms with E-state index in [-0.39, 0.29) is 0 Å². The first-order valence-electron chi connectivity index (χ1n) is 7.61. The number of ether oxygens (including phenoxy) is 1. The highest BCUT2D eigenvalue weighted by molar-refractivity contribution is 5.57. The quantitative estimate of drug-likeness (QED) is 0.870. The fraction of sp³-hybridized carbons (Fsp3) is 0.412. The molecule has 1 aromatic carbocycles. The van der Waals surface area contributed by atoms with Crippen LogP contribution in [-0.2, 0) is 0 Å². The predicted molar refractivity (Wildman–Crippen MR) is 88.9 cm³/mol. The normalized spacial score (nSPS) is 15.0. The molecular formula is C17H22N4O. The van der Waals surface area contributed by atoms with Crippen molar-refractivity contribution in [3.63, 3.8) is 0 Å². The van der Waals surface area contributed by atoms with Crippen LogP contribution in [0.25, 0.3) is 0 Å². The standard InChI is InChI=1S/C17H22N4O/c1-13-5-4-6-16(14(13)2)20-7-9-21(10-8-20)17-18-11-15(22-3)12-19-17/h4-6,11-12H,7-10H2,1-3H3. The molecule has 0 saturated carbocycles. The van der Waals surface area contributed by atoms with Gasteiger partial charge in [0.2, 0.25) is 5.95 Å². The van der Waals surface area contributed by atoms with Crippen molar-refractivity contribution in [2.45, 2.75) is 13.8 Å². The summed E-state index contributed by atoms with van der Waals surface area (Å²) in [6.07, 6.45) is 3.44. The highest BCUT2D eigenvalue weighted by atomic mass is 16.5. The Morgan fingerprint density at radius 3 is 2.23 bits per heavy atom. The molecule has 3 rings (SSSR count). The molecule has 0 atom stereocenters. The van der Waals surface area contributed by atoms with E-state index >= 15 is 0 Å². The lowest BCUT2D eigenvalue weighted by molar-refractivity contribution is 0.410. The Morgan fingerprint density at radius 1 is 0.955 bits per heavy atom. The second-order valence-corrected chi connectivity index (χ2v) is 5.62. The smallest absolute Gasteiger partial charge is 0.225 e. The maximum atomic E-state index is 5.10. The maximum Gasteiger partial charge on any atom is 0.225 e. The molecule has 5 nitrogen and oxygen atoms in total. The van der Waals surface area contributed by atoms with Gasteiger partial charge in [-0.3, -0.25) is 0 Å². The van der Waals surface area contributed by atoms with Crippen LogP contribution in [0.3, 0.4) is 0 Å². The molecule has 2 heterocycles. The molecule has 1 aromatic heterocycles. The van der Waals surface area contributed by atoms with Crippen LogP contribution in [0.1, 0.15) is 11.1 Å². The molecular weight excluding hydrogens is 276 g/mol. The Bertz CT molecular complexity index is 634. The number of rotatable bonds is 3. The van der Waals surface area contributed by atoms with Gasteiger partial charge in [0.1, 0.15) is 0 Å². The Labute approximate surface area is 131 Å². The number of hydrogen-bond donors (Lipinski definition) is 0. The Morgan fingerprint density at radius 2 is 1.59 bits per heavy atom. The number of anilines is 2. The SMILES string of the molecule is COc1cnc(N2CCN(c3cccc(C)c3C)CC2)nc1. The predicted octanol–water partition coefficient (Wildman–Crippen LogP) is 2.43. The minimum Gasteiger partial charge on any atom is -0.494 e. The first-order valence-corrected chi connectivity index (χ1v) is 7.61. The monoisotopic (exact) mass is 298 g/mol. The summed E-state index contributed by atoms with van der Waals surface area (Å²) in [5.41, 5.74) is 4.06. The number of aromatic nitrogens is 2. The van der Waals surface area contributed by atoms with E-state index in [0.717, 1.165) is 32.1 Å². The van der Waals surface area contributed by atoms with E-state index in [9.17, 15) is 0 Å². The summed E-state index contributed by atoms with van der Waals surface area (Å²) in [6, 6.07) is 6.51. The second kappa shape index (κ2) is 6.22. The zero-order valence-corrected chi connectivity index (χ0v) is 13.4. The molecule has 0 amide bonds. The molecule has 0 N–H and O–H groups in total.